The van der Waals surface area contributed by atoms with E-state index >= 15 is 0 Å². The minimum absolute atomic E-state index is 0.0869. The Labute approximate surface area is 95.5 Å². The predicted octanol–water partition coefficient (Wildman–Crippen LogP) is 1.44. The van der Waals surface area contributed by atoms with Gasteiger partial charge in [-0.05, 0) is 24.3 Å². The lowest BCUT2D eigenvalue weighted by atomic mass is 10.4. The van der Waals surface area contributed by atoms with Gasteiger partial charge in [0.05, 0.1) is 0 Å². The monoisotopic (exact) mass is 230 g/mol. The summed E-state index contributed by atoms with van der Waals surface area (Å²) in [6.07, 6.45) is 0. The molecule has 0 spiro atoms. The van der Waals surface area contributed by atoms with Crippen LogP contribution in [0.5, 0.6) is 0 Å². The van der Waals surface area contributed by atoms with E-state index < -0.39 is 0 Å². The lowest BCUT2D eigenvalue weighted by Gasteiger charge is -2.16. The molecule has 0 aliphatic heterocycles. The molecule has 0 amide bonds. The van der Waals surface area contributed by atoms with Crippen LogP contribution in [-0.2, 0) is 0 Å². The Morgan fingerprint density at radius 3 is 1.47 bits per heavy atom. The molecule has 0 bridgehead atoms. The van der Waals surface area contributed by atoms with Crippen LogP contribution in [0.3, 0.4) is 0 Å². The van der Waals surface area contributed by atoms with E-state index in [1.54, 1.807) is 0 Å². The Kier molecular flexibility index (Phi) is 3.71. The fraction of sp³-hybridized carbons (Fsp3) is 0.0769. The van der Waals surface area contributed by atoms with Crippen molar-refractivity contribution in [1.82, 2.24) is 0 Å². The molecule has 2 aromatic rings. The van der Waals surface area contributed by atoms with Gasteiger partial charge >= 0.3 is 0 Å². The van der Waals surface area contributed by atoms with E-state index in [-0.39, 0.29) is 7.92 Å². The van der Waals surface area contributed by atoms with Gasteiger partial charge < -0.3 is 0 Å². The summed E-state index contributed by atoms with van der Waals surface area (Å²) in [6.45, 7) is 0. The highest BCUT2D eigenvalue weighted by atomic mass is 31.1. The molecule has 0 N–H and O–H groups in total. The van der Waals surface area contributed by atoms with Gasteiger partial charge in [0.1, 0.15) is 0 Å². The molecule has 0 aromatic heterocycles. The third-order valence-corrected chi connectivity index (χ3v) is 6.82. The van der Waals surface area contributed by atoms with Gasteiger partial charge in [0, 0.05) is 10.2 Å². The molecule has 0 saturated heterocycles. The smallest absolute Gasteiger partial charge is 0.00900 e. The molecule has 0 heterocycles. The Morgan fingerprint density at radius 2 is 1.13 bits per heavy atom. The molecule has 2 aromatic carbocycles. The van der Waals surface area contributed by atoms with Crippen molar-refractivity contribution in [2.45, 2.75) is 0 Å². The summed E-state index contributed by atoms with van der Waals surface area (Å²) in [5, 5.41) is 3.02. The van der Waals surface area contributed by atoms with Crippen LogP contribution in [0.25, 0.3) is 0 Å². The second-order valence-corrected chi connectivity index (χ2v) is 7.83. The number of hydrogen-bond donors (Lipinski definition) is 0. The van der Waals surface area contributed by atoms with Gasteiger partial charge in [0.2, 0.25) is 0 Å². The molecule has 0 atom stereocenters. The Hall–Kier alpha value is -0.913. The molecule has 2 heteroatoms. The third-order valence-electron chi connectivity index (χ3n) is 2.45. The van der Waals surface area contributed by atoms with Crippen molar-refractivity contribution in [2.24, 2.45) is 0 Å². The van der Waals surface area contributed by atoms with Crippen LogP contribution in [0.1, 0.15) is 0 Å². The maximum atomic E-state index is 2.26. The van der Waals surface area contributed by atoms with Gasteiger partial charge in [0.15, 0.2) is 0 Å². The highest BCUT2D eigenvalue weighted by molar-refractivity contribution is 7.74. The second kappa shape index (κ2) is 5.25. The van der Waals surface area contributed by atoms with Crippen molar-refractivity contribution in [3.8, 4) is 0 Å². The van der Waals surface area contributed by atoms with Crippen LogP contribution in [0.15, 0.2) is 60.7 Å². The van der Waals surface area contributed by atoms with E-state index in [1.165, 1.54) is 26.6 Å². The van der Waals surface area contributed by atoms with Crippen LogP contribution in [0.4, 0.5) is 0 Å². The number of hydrogen-bond acceptors (Lipinski definition) is 0. The van der Waals surface area contributed by atoms with Crippen LogP contribution in [0, 0.1) is 0 Å². The molecule has 0 fully saturated rings. The summed E-state index contributed by atoms with van der Waals surface area (Å²) < 4.78 is 0. The minimum atomic E-state index is -0.0869. The maximum Gasteiger partial charge on any atom is 0.00900 e. The van der Waals surface area contributed by atoms with Gasteiger partial charge in [0.25, 0.3) is 0 Å². The minimum Gasteiger partial charge on any atom is -0.0622 e. The standard InChI is InChI=1S/C13H15PSi/c15-11-14(12-7-3-1-4-8-12)13-9-5-2-6-10-13/h1-10H,11H2,15H3. The Balaban J connectivity index is 2.34. The van der Waals surface area contributed by atoms with E-state index in [0.29, 0.717) is 0 Å². The first-order valence-electron chi connectivity index (χ1n) is 5.29. The first-order chi connectivity index (χ1) is 7.42. The van der Waals surface area contributed by atoms with Crippen LogP contribution in [0.2, 0.25) is 0 Å². The van der Waals surface area contributed by atoms with E-state index in [2.05, 4.69) is 60.7 Å². The van der Waals surface area contributed by atoms with Gasteiger partial charge in [-0.15, -0.1) is 0 Å². The maximum absolute atomic E-state index is 2.26. The molecule has 0 radical (unpaired) electrons. The SMILES string of the molecule is [SiH3]CP(c1ccccc1)c1ccccc1. The van der Waals surface area contributed by atoms with E-state index in [9.17, 15) is 0 Å². The number of rotatable bonds is 3. The summed E-state index contributed by atoms with van der Waals surface area (Å²) in [5.74, 6) is 1.35. The van der Waals surface area contributed by atoms with Crippen LogP contribution in [-0.4, -0.2) is 16.0 Å². The summed E-state index contributed by atoms with van der Waals surface area (Å²) in [4.78, 5) is 0. The fourth-order valence-electron chi connectivity index (χ4n) is 1.73. The average molecular weight is 230 g/mol. The lowest BCUT2D eigenvalue weighted by molar-refractivity contribution is 1.74. The zero-order valence-electron chi connectivity index (χ0n) is 8.93. The number of benzene rings is 2. The van der Waals surface area contributed by atoms with E-state index in [0.717, 1.165) is 0 Å². The molecule has 76 valence electrons. The molecule has 0 unspecified atom stereocenters. The topological polar surface area (TPSA) is 0 Å². The van der Waals surface area contributed by atoms with Crippen molar-refractivity contribution in [1.29, 1.82) is 0 Å². The quantitative estimate of drug-likeness (QED) is 0.553. The van der Waals surface area contributed by atoms with Crippen molar-refractivity contribution >= 4 is 28.8 Å². The first kappa shape index (κ1) is 10.6. The molecular weight excluding hydrogens is 215 g/mol. The predicted molar refractivity (Wildman–Crippen MR) is 73.9 cm³/mol. The normalized spacial score (nSPS) is 10.7. The zero-order valence-corrected chi connectivity index (χ0v) is 11.8. The molecule has 0 saturated carbocycles. The summed E-state index contributed by atoms with van der Waals surface area (Å²) in [7, 11) is 1.18. The van der Waals surface area contributed by atoms with Gasteiger partial charge in [-0.2, -0.15) is 0 Å². The van der Waals surface area contributed by atoms with Crippen LogP contribution < -0.4 is 10.6 Å². The Morgan fingerprint density at radius 1 is 0.733 bits per heavy atom. The molecule has 2 rings (SSSR count). The molecule has 0 aliphatic rings. The van der Waals surface area contributed by atoms with Gasteiger partial charge in [-0.25, -0.2) is 0 Å². The van der Waals surface area contributed by atoms with E-state index in [4.69, 9.17) is 0 Å². The molecule has 0 nitrogen and oxygen atoms in total. The summed E-state index contributed by atoms with van der Waals surface area (Å²) >= 11 is 0. The second-order valence-electron chi connectivity index (χ2n) is 3.42. The van der Waals surface area contributed by atoms with Gasteiger partial charge in [-0.1, -0.05) is 60.7 Å². The van der Waals surface area contributed by atoms with Gasteiger partial charge in [-0.3, -0.25) is 0 Å². The highest BCUT2D eigenvalue weighted by Crippen LogP contribution is 2.31. The van der Waals surface area contributed by atoms with Crippen molar-refractivity contribution < 1.29 is 0 Å². The third kappa shape index (κ3) is 2.56. The Bertz CT molecular complexity index is 360. The van der Waals surface area contributed by atoms with Crippen molar-refractivity contribution in [2.75, 3.05) is 5.79 Å². The zero-order chi connectivity index (χ0) is 10.5. The van der Waals surface area contributed by atoms with Crippen molar-refractivity contribution in [3.63, 3.8) is 0 Å². The lowest BCUT2D eigenvalue weighted by Crippen LogP contribution is -2.13. The molecule has 15 heavy (non-hydrogen) atoms. The molecule has 0 aliphatic carbocycles. The molecular formula is C13H15PSi. The van der Waals surface area contributed by atoms with E-state index in [1.807, 2.05) is 0 Å². The fourth-order valence-corrected chi connectivity index (χ4v) is 6.01. The average Bonchev–Trinajstić information content (AvgIpc) is 2.33. The summed E-state index contributed by atoms with van der Waals surface area (Å²) in [6, 6.07) is 21.8. The summed E-state index contributed by atoms with van der Waals surface area (Å²) in [5.41, 5.74) is 0. The largest absolute Gasteiger partial charge is 0.0622 e. The van der Waals surface area contributed by atoms with Crippen molar-refractivity contribution in [3.05, 3.63) is 60.7 Å². The first-order valence-corrected chi connectivity index (χ1v) is 8.23. The highest BCUT2D eigenvalue weighted by Gasteiger charge is 2.09. The van der Waals surface area contributed by atoms with Crippen LogP contribution >= 0.6 is 7.92 Å².